The maximum Gasteiger partial charge on any atom is 0.316 e. The molecule has 1 heterocycles. The molecule has 1 rings (SSSR count). The Hall–Kier alpha value is -1.12. The van der Waals surface area contributed by atoms with Crippen LogP contribution in [0.15, 0.2) is 6.20 Å². The molecule has 0 saturated carbocycles. The highest BCUT2D eigenvalue weighted by Crippen LogP contribution is 2.40. The molecule has 0 atom stereocenters. The van der Waals surface area contributed by atoms with Crippen LogP contribution in [0.5, 0.6) is 6.01 Å². The van der Waals surface area contributed by atoms with E-state index >= 15 is 0 Å². The van der Waals surface area contributed by atoms with Crippen molar-refractivity contribution in [3.05, 3.63) is 17.5 Å². The van der Waals surface area contributed by atoms with Crippen molar-refractivity contribution in [2.24, 2.45) is 0 Å². The SMILES string of the molecule is CCC(C)(CC)c1cnc(OC)nc1C(C)(CC)CC. The summed E-state index contributed by atoms with van der Waals surface area (Å²) in [5.41, 5.74) is 2.67. The molecule has 114 valence electrons. The predicted molar refractivity (Wildman–Crippen MR) is 84.5 cm³/mol. The van der Waals surface area contributed by atoms with Crippen molar-refractivity contribution in [3.63, 3.8) is 0 Å². The van der Waals surface area contributed by atoms with Gasteiger partial charge in [-0.2, -0.15) is 4.98 Å². The van der Waals surface area contributed by atoms with Crippen LogP contribution in [0.25, 0.3) is 0 Å². The van der Waals surface area contributed by atoms with Gasteiger partial charge < -0.3 is 4.74 Å². The van der Waals surface area contributed by atoms with Gasteiger partial charge >= 0.3 is 6.01 Å². The van der Waals surface area contributed by atoms with Crippen molar-refractivity contribution in [1.82, 2.24) is 9.97 Å². The fourth-order valence-electron chi connectivity index (χ4n) is 2.58. The van der Waals surface area contributed by atoms with Crippen LogP contribution in [0, 0.1) is 0 Å². The molecule has 0 aliphatic rings. The minimum Gasteiger partial charge on any atom is -0.467 e. The molecule has 0 aliphatic carbocycles. The van der Waals surface area contributed by atoms with Crippen molar-refractivity contribution in [1.29, 1.82) is 0 Å². The van der Waals surface area contributed by atoms with Crippen LogP contribution in [-0.4, -0.2) is 17.1 Å². The first-order chi connectivity index (χ1) is 9.40. The molecule has 0 spiro atoms. The molecule has 0 N–H and O–H groups in total. The van der Waals surface area contributed by atoms with Gasteiger partial charge in [0.1, 0.15) is 0 Å². The van der Waals surface area contributed by atoms with Crippen LogP contribution in [-0.2, 0) is 10.8 Å². The van der Waals surface area contributed by atoms with Crippen molar-refractivity contribution in [3.8, 4) is 6.01 Å². The van der Waals surface area contributed by atoms with E-state index in [1.165, 1.54) is 11.3 Å². The summed E-state index contributed by atoms with van der Waals surface area (Å²) in [6.45, 7) is 13.6. The molecule has 3 heteroatoms. The molecular weight excluding hydrogens is 248 g/mol. The lowest BCUT2D eigenvalue weighted by atomic mass is 9.71. The zero-order valence-corrected chi connectivity index (χ0v) is 14.2. The highest BCUT2D eigenvalue weighted by molar-refractivity contribution is 5.33. The highest BCUT2D eigenvalue weighted by atomic mass is 16.5. The van der Waals surface area contributed by atoms with Gasteiger partial charge in [0.25, 0.3) is 0 Å². The first kappa shape index (κ1) is 16.9. The van der Waals surface area contributed by atoms with Crippen molar-refractivity contribution < 1.29 is 4.74 Å². The lowest BCUT2D eigenvalue weighted by Crippen LogP contribution is -2.30. The summed E-state index contributed by atoms with van der Waals surface area (Å²) in [7, 11) is 1.63. The second-order valence-corrected chi connectivity index (χ2v) is 6.15. The van der Waals surface area contributed by atoms with E-state index in [9.17, 15) is 0 Å². The van der Waals surface area contributed by atoms with Gasteiger partial charge in [0.15, 0.2) is 0 Å². The summed E-state index contributed by atoms with van der Waals surface area (Å²) in [6.07, 6.45) is 6.31. The Morgan fingerprint density at radius 2 is 1.45 bits per heavy atom. The molecule has 1 aromatic rings. The quantitative estimate of drug-likeness (QED) is 0.728. The van der Waals surface area contributed by atoms with E-state index in [1.54, 1.807) is 7.11 Å². The minimum absolute atomic E-state index is 0.0805. The Morgan fingerprint density at radius 1 is 0.950 bits per heavy atom. The fraction of sp³-hybridized carbons (Fsp3) is 0.765. The van der Waals surface area contributed by atoms with Crippen molar-refractivity contribution >= 4 is 0 Å². The lowest BCUT2D eigenvalue weighted by molar-refractivity contribution is 0.347. The third kappa shape index (κ3) is 2.97. The Morgan fingerprint density at radius 3 is 1.85 bits per heavy atom. The van der Waals surface area contributed by atoms with E-state index in [4.69, 9.17) is 9.72 Å². The summed E-state index contributed by atoms with van der Waals surface area (Å²) in [5, 5.41) is 0. The first-order valence-corrected chi connectivity index (χ1v) is 7.82. The van der Waals surface area contributed by atoms with E-state index in [0.717, 1.165) is 25.7 Å². The van der Waals surface area contributed by atoms with Crippen LogP contribution >= 0.6 is 0 Å². The van der Waals surface area contributed by atoms with E-state index in [0.29, 0.717) is 6.01 Å². The fourth-order valence-corrected chi connectivity index (χ4v) is 2.58. The van der Waals surface area contributed by atoms with Gasteiger partial charge in [-0.05, 0) is 36.7 Å². The second kappa shape index (κ2) is 6.55. The predicted octanol–water partition coefficient (Wildman–Crippen LogP) is 4.64. The number of nitrogens with zero attached hydrogens (tertiary/aromatic N) is 2. The highest BCUT2D eigenvalue weighted by Gasteiger charge is 2.34. The standard InChI is InChI=1S/C17H30N2O/c1-8-16(5,9-2)13-12-18-15(20-7)19-14(13)17(6,10-3)11-4/h12H,8-11H2,1-7H3. The van der Waals surface area contributed by atoms with Gasteiger partial charge in [0.2, 0.25) is 0 Å². The average Bonchev–Trinajstić information content (AvgIpc) is 2.52. The van der Waals surface area contributed by atoms with Crippen molar-refractivity contribution in [2.45, 2.75) is 78.1 Å². The van der Waals surface area contributed by atoms with E-state index < -0.39 is 0 Å². The Labute approximate surface area is 124 Å². The third-order valence-electron chi connectivity index (χ3n) is 5.29. The lowest BCUT2D eigenvalue weighted by Gasteiger charge is -2.35. The van der Waals surface area contributed by atoms with Crippen LogP contribution in [0.2, 0.25) is 0 Å². The monoisotopic (exact) mass is 278 g/mol. The van der Waals surface area contributed by atoms with Crippen LogP contribution in [0.4, 0.5) is 0 Å². The molecule has 0 aliphatic heterocycles. The second-order valence-electron chi connectivity index (χ2n) is 6.15. The van der Waals surface area contributed by atoms with Gasteiger partial charge in [-0.15, -0.1) is 0 Å². The van der Waals surface area contributed by atoms with E-state index in [-0.39, 0.29) is 10.8 Å². The molecule has 1 aromatic heterocycles. The summed E-state index contributed by atoms with van der Waals surface area (Å²) < 4.78 is 5.25. The maximum absolute atomic E-state index is 5.25. The zero-order valence-electron chi connectivity index (χ0n) is 14.2. The molecule has 0 amide bonds. The molecule has 0 unspecified atom stereocenters. The Bertz CT molecular complexity index is 435. The largest absolute Gasteiger partial charge is 0.467 e. The third-order valence-corrected chi connectivity index (χ3v) is 5.29. The minimum atomic E-state index is 0.0805. The number of hydrogen-bond acceptors (Lipinski definition) is 3. The molecule has 0 radical (unpaired) electrons. The van der Waals surface area contributed by atoms with Gasteiger partial charge in [-0.1, -0.05) is 41.5 Å². The number of aromatic nitrogens is 2. The van der Waals surface area contributed by atoms with E-state index in [1.807, 2.05) is 6.20 Å². The normalized spacial score (nSPS) is 12.6. The van der Waals surface area contributed by atoms with Crippen LogP contribution < -0.4 is 4.74 Å². The van der Waals surface area contributed by atoms with Crippen LogP contribution in [0.1, 0.15) is 78.5 Å². The smallest absolute Gasteiger partial charge is 0.316 e. The Balaban J connectivity index is 3.53. The summed E-state index contributed by atoms with van der Waals surface area (Å²) in [4.78, 5) is 9.10. The maximum atomic E-state index is 5.25. The molecule has 0 bridgehead atoms. The molecule has 0 fully saturated rings. The van der Waals surface area contributed by atoms with Gasteiger partial charge in [0, 0.05) is 11.6 Å². The number of ether oxygens (including phenoxy) is 1. The van der Waals surface area contributed by atoms with Gasteiger partial charge in [0.05, 0.1) is 12.8 Å². The number of rotatable bonds is 7. The Kier molecular flexibility index (Phi) is 5.55. The average molecular weight is 278 g/mol. The van der Waals surface area contributed by atoms with Crippen molar-refractivity contribution in [2.75, 3.05) is 7.11 Å². The molecular formula is C17H30N2O. The molecule has 0 aromatic carbocycles. The summed E-state index contributed by atoms with van der Waals surface area (Å²) in [6, 6.07) is 0.478. The van der Waals surface area contributed by atoms with E-state index in [2.05, 4.69) is 46.5 Å². The topological polar surface area (TPSA) is 35.0 Å². The van der Waals surface area contributed by atoms with Gasteiger partial charge in [-0.3, -0.25) is 0 Å². The first-order valence-electron chi connectivity index (χ1n) is 7.82. The van der Waals surface area contributed by atoms with Crippen LogP contribution in [0.3, 0.4) is 0 Å². The number of methoxy groups -OCH3 is 1. The summed E-state index contributed by atoms with van der Waals surface area (Å²) >= 11 is 0. The van der Waals surface area contributed by atoms with Gasteiger partial charge in [-0.25, -0.2) is 4.98 Å². The molecule has 20 heavy (non-hydrogen) atoms. The zero-order chi connectivity index (χ0) is 15.4. The molecule has 3 nitrogen and oxygen atoms in total. The summed E-state index contributed by atoms with van der Waals surface area (Å²) in [5.74, 6) is 0. The molecule has 0 saturated heterocycles. The number of hydrogen-bond donors (Lipinski definition) is 0.